The molecule has 0 saturated carbocycles. The van der Waals surface area contributed by atoms with Crippen molar-refractivity contribution in [3.8, 4) is 0 Å². The first kappa shape index (κ1) is 17.4. The van der Waals surface area contributed by atoms with Crippen molar-refractivity contribution in [2.24, 2.45) is 0 Å². The number of fused-ring (bicyclic) bond motifs is 4. The molecule has 0 unspecified atom stereocenters. The maximum atomic E-state index is 2.42. The van der Waals surface area contributed by atoms with Crippen molar-refractivity contribution in [2.45, 2.75) is 33.1 Å². The van der Waals surface area contributed by atoms with E-state index < -0.39 is 0 Å². The fourth-order valence-electron chi connectivity index (χ4n) is 5.27. The number of para-hydroxylation sites is 2. The van der Waals surface area contributed by atoms with Crippen LogP contribution in [0.15, 0.2) is 54.6 Å². The molecule has 2 aliphatic rings. The van der Waals surface area contributed by atoms with Gasteiger partial charge < -0.3 is 9.80 Å². The van der Waals surface area contributed by atoms with Gasteiger partial charge in [0.25, 0.3) is 6.71 Å². The standard InChI is InChI=1S/C25H27BN2/c1-16-10-9-12-19-23(16)28(6)21-15-14-17(25(2,3)4)24-22(21)26(19)18-11-7-8-13-20(18)27(24)5/h7-15H,1-6H3. The van der Waals surface area contributed by atoms with Gasteiger partial charge in [-0.05, 0) is 52.0 Å². The van der Waals surface area contributed by atoms with E-state index in [0.29, 0.717) is 0 Å². The van der Waals surface area contributed by atoms with Crippen molar-refractivity contribution in [2.75, 3.05) is 23.9 Å². The smallest absolute Gasteiger partial charge is 0.252 e. The molecule has 28 heavy (non-hydrogen) atoms. The van der Waals surface area contributed by atoms with Gasteiger partial charge in [-0.3, -0.25) is 0 Å². The van der Waals surface area contributed by atoms with E-state index in [1.807, 2.05) is 0 Å². The fourth-order valence-corrected chi connectivity index (χ4v) is 5.27. The molecule has 140 valence electrons. The van der Waals surface area contributed by atoms with Crippen molar-refractivity contribution < 1.29 is 0 Å². The molecule has 3 aromatic carbocycles. The van der Waals surface area contributed by atoms with Crippen LogP contribution in [0.2, 0.25) is 0 Å². The predicted molar refractivity (Wildman–Crippen MR) is 124 cm³/mol. The van der Waals surface area contributed by atoms with Gasteiger partial charge in [0.2, 0.25) is 0 Å². The number of hydrogen-bond donors (Lipinski definition) is 0. The molecule has 0 amide bonds. The number of benzene rings is 3. The summed E-state index contributed by atoms with van der Waals surface area (Å²) in [6.45, 7) is 9.47. The third kappa shape index (κ3) is 2.16. The van der Waals surface area contributed by atoms with E-state index >= 15 is 0 Å². The molecule has 0 fully saturated rings. The summed E-state index contributed by atoms with van der Waals surface area (Å²) in [7, 11) is 4.45. The maximum absolute atomic E-state index is 2.42. The monoisotopic (exact) mass is 366 g/mol. The number of hydrogen-bond acceptors (Lipinski definition) is 2. The molecular formula is C25H27BN2. The molecule has 0 radical (unpaired) electrons. The Balaban J connectivity index is 1.94. The average molecular weight is 366 g/mol. The normalized spacial score (nSPS) is 14.6. The van der Waals surface area contributed by atoms with E-state index in [0.717, 1.165) is 0 Å². The Morgan fingerprint density at radius 1 is 0.714 bits per heavy atom. The molecule has 0 spiro atoms. The second-order valence-corrected chi connectivity index (χ2v) is 9.27. The summed E-state index contributed by atoms with van der Waals surface area (Å²) in [6, 6.07) is 20.4. The summed E-state index contributed by atoms with van der Waals surface area (Å²) in [5.74, 6) is 0. The predicted octanol–water partition coefficient (Wildman–Crippen LogP) is 3.97. The summed E-state index contributed by atoms with van der Waals surface area (Å²) in [6.07, 6.45) is 0. The maximum Gasteiger partial charge on any atom is 0.252 e. The van der Waals surface area contributed by atoms with Gasteiger partial charge in [0.05, 0.1) is 0 Å². The van der Waals surface area contributed by atoms with Crippen LogP contribution in [0.25, 0.3) is 0 Å². The topological polar surface area (TPSA) is 6.48 Å². The molecule has 0 atom stereocenters. The summed E-state index contributed by atoms with van der Waals surface area (Å²) in [5.41, 5.74) is 12.5. The molecular weight excluding hydrogens is 339 g/mol. The molecule has 3 heteroatoms. The number of anilines is 4. The first-order valence-electron chi connectivity index (χ1n) is 10.1. The quantitative estimate of drug-likeness (QED) is 0.556. The molecule has 0 bridgehead atoms. The zero-order valence-corrected chi connectivity index (χ0v) is 17.7. The Bertz CT molecular complexity index is 1110. The average Bonchev–Trinajstić information content (AvgIpc) is 2.66. The number of aryl methyl sites for hydroxylation is 1. The Hall–Kier alpha value is -2.68. The van der Waals surface area contributed by atoms with Crippen LogP contribution in [0.3, 0.4) is 0 Å². The lowest BCUT2D eigenvalue weighted by atomic mass is 9.33. The largest absolute Gasteiger partial charge is 0.345 e. The number of rotatable bonds is 0. The van der Waals surface area contributed by atoms with Crippen molar-refractivity contribution in [1.29, 1.82) is 0 Å². The van der Waals surface area contributed by atoms with Crippen LogP contribution in [0.5, 0.6) is 0 Å². The highest BCUT2D eigenvalue weighted by Gasteiger charge is 2.42. The highest BCUT2D eigenvalue weighted by molar-refractivity contribution is 7.00. The molecule has 0 aromatic heterocycles. The van der Waals surface area contributed by atoms with Crippen molar-refractivity contribution in [1.82, 2.24) is 0 Å². The Labute approximate surface area is 168 Å². The van der Waals surface area contributed by atoms with Gasteiger partial charge in [-0.15, -0.1) is 0 Å². The van der Waals surface area contributed by atoms with Gasteiger partial charge in [0, 0.05) is 36.8 Å². The van der Waals surface area contributed by atoms with E-state index in [2.05, 4.69) is 106 Å². The first-order valence-corrected chi connectivity index (χ1v) is 10.1. The fraction of sp³-hybridized carbons (Fsp3) is 0.280. The van der Waals surface area contributed by atoms with Crippen LogP contribution in [-0.2, 0) is 5.41 Å². The number of nitrogens with zero attached hydrogens (tertiary/aromatic N) is 2. The molecule has 0 saturated heterocycles. The van der Waals surface area contributed by atoms with Gasteiger partial charge in [-0.25, -0.2) is 0 Å². The lowest BCUT2D eigenvalue weighted by Crippen LogP contribution is -2.62. The van der Waals surface area contributed by atoms with Gasteiger partial charge in [0.1, 0.15) is 0 Å². The molecule has 3 aromatic rings. The van der Waals surface area contributed by atoms with Crippen molar-refractivity contribution in [3.05, 3.63) is 65.7 Å². The molecule has 2 heterocycles. The minimum atomic E-state index is 0.0842. The van der Waals surface area contributed by atoms with E-state index in [1.54, 1.807) is 0 Å². The van der Waals surface area contributed by atoms with E-state index in [4.69, 9.17) is 0 Å². The second kappa shape index (κ2) is 5.67. The van der Waals surface area contributed by atoms with Gasteiger partial charge >= 0.3 is 0 Å². The zero-order valence-electron chi connectivity index (χ0n) is 17.7. The SMILES string of the molecule is Cc1cccc2c1N(C)c1ccc(C(C)(C)C)c3c1B2c1ccccc1N3C. The molecule has 0 aliphatic carbocycles. The lowest BCUT2D eigenvalue weighted by molar-refractivity contribution is 0.591. The van der Waals surface area contributed by atoms with Crippen LogP contribution in [0.1, 0.15) is 31.9 Å². The van der Waals surface area contributed by atoms with E-state index in [1.165, 1.54) is 50.3 Å². The molecule has 2 nitrogen and oxygen atoms in total. The second-order valence-electron chi connectivity index (χ2n) is 9.27. The summed E-state index contributed by atoms with van der Waals surface area (Å²) < 4.78 is 0. The first-order chi connectivity index (χ1) is 13.3. The van der Waals surface area contributed by atoms with Gasteiger partial charge in [-0.1, -0.05) is 63.2 Å². The van der Waals surface area contributed by atoms with Crippen molar-refractivity contribution in [3.63, 3.8) is 0 Å². The minimum absolute atomic E-state index is 0.0842. The summed E-state index contributed by atoms with van der Waals surface area (Å²) in [5, 5.41) is 0. The van der Waals surface area contributed by atoms with E-state index in [9.17, 15) is 0 Å². The van der Waals surface area contributed by atoms with Crippen LogP contribution in [-0.4, -0.2) is 20.8 Å². The van der Waals surface area contributed by atoms with Gasteiger partial charge in [-0.2, -0.15) is 0 Å². The van der Waals surface area contributed by atoms with Crippen LogP contribution >= 0.6 is 0 Å². The highest BCUT2D eigenvalue weighted by Crippen LogP contribution is 2.41. The Kier molecular flexibility index (Phi) is 3.53. The third-order valence-electron chi connectivity index (χ3n) is 6.51. The Morgan fingerprint density at radius 3 is 2.14 bits per heavy atom. The lowest BCUT2D eigenvalue weighted by Gasteiger charge is -2.44. The summed E-state index contributed by atoms with van der Waals surface area (Å²) >= 11 is 0. The summed E-state index contributed by atoms with van der Waals surface area (Å²) in [4.78, 5) is 4.81. The van der Waals surface area contributed by atoms with Crippen molar-refractivity contribution >= 4 is 45.9 Å². The van der Waals surface area contributed by atoms with E-state index in [-0.39, 0.29) is 12.1 Å². The molecule has 5 rings (SSSR count). The van der Waals surface area contributed by atoms with Gasteiger partial charge in [0.15, 0.2) is 0 Å². The van der Waals surface area contributed by atoms with Crippen LogP contribution < -0.4 is 26.2 Å². The Morgan fingerprint density at radius 2 is 1.39 bits per heavy atom. The van der Waals surface area contributed by atoms with Crippen LogP contribution in [0.4, 0.5) is 22.7 Å². The highest BCUT2D eigenvalue weighted by atomic mass is 15.2. The zero-order chi connectivity index (χ0) is 19.8. The van der Waals surface area contributed by atoms with Crippen LogP contribution in [0, 0.1) is 6.92 Å². The minimum Gasteiger partial charge on any atom is -0.345 e. The molecule has 0 N–H and O–H groups in total. The third-order valence-corrected chi connectivity index (χ3v) is 6.51. The molecule has 2 aliphatic heterocycles.